The quantitative estimate of drug-likeness (QED) is 0.659. The zero-order valence-corrected chi connectivity index (χ0v) is 17.3. The van der Waals surface area contributed by atoms with Gasteiger partial charge in [0.15, 0.2) is 6.61 Å². The predicted octanol–water partition coefficient (Wildman–Crippen LogP) is 0.952. The molecule has 1 aromatic carbocycles. The van der Waals surface area contributed by atoms with Crippen LogP contribution in [-0.4, -0.2) is 82.6 Å². The van der Waals surface area contributed by atoms with Gasteiger partial charge in [0.25, 0.3) is 5.91 Å². The van der Waals surface area contributed by atoms with Crippen LogP contribution in [0.4, 0.5) is 0 Å². The SMILES string of the molecule is O=C(COc1ccc(S(=O)(=O)N2CCCC2)cc1Cl)NCCN1CCOCC1. The Kier molecular flexibility index (Phi) is 7.53. The molecule has 1 amide bonds. The minimum absolute atomic E-state index is 0.140. The van der Waals surface area contributed by atoms with Crippen LogP contribution in [0.25, 0.3) is 0 Å². The lowest BCUT2D eigenvalue weighted by Crippen LogP contribution is -2.42. The summed E-state index contributed by atoms with van der Waals surface area (Å²) in [5.74, 6) is 0.0310. The van der Waals surface area contributed by atoms with E-state index in [2.05, 4.69) is 10.2 Å². The Hall–Kier alpha value is -1.39. The summed E-state index contributed by atoms with van der Waals surface area (Å²) < 4.78 is 37.3. The first-order valence-electron chi connectivity index (χ1n) is 9.46. The van der Waals surface area contributed by atoms with Crippen LogP contribution in [-0.2, 0) is 19.6 Å². The second-order valence-corrected chi connectivity index (χ2v) is 9.14. The zero-order valence-electron chi connectivity index (χ0n) is 15.7. The number of ether oxygens (including phenoxy) is 2. The topological polar surface area (TPSA) is 88.2 Å². The summed E-state index contributed by atoms with van der Waals surface area (Å²) in [6.07, 6.45) is 1.74. The molecule has 3 rings (SSSR count). The fraction of sp³-hybridized carbons (Fsp3) is 0.611. The van der Waals surface area contributed by atoms with Crippen LogP contribution < -0.4 is 10.1 Å². The zero-order chi connectivity index (χ0) is 20.0. The van der Waals surface area contributed by atoms with E-state index in [1.165, 1.54) is 22.5 Å². The van der Waals surface area contributed by atoms with Crippen molar-refractivity contribution in [2.45, 2.75) is 17.7 Å². The fourth-order valence-electron chi connectivity index (χ4n) is 3.21. The van der Waals surface area contributed by atoms with Gasteiger partial charge in [0, 0.05) is 39.3 Å². The molecule has 156 valence electrons. The number of morpholine rings is 1. The second kappa shape index (κ2) is 9.89. The molecule has 0 saturated carbocycles. The van der Waals surface area contributed by atoms with Gasteiger partial charge in [-0.1, -0.05) is 11.6 Å². The number of rotatable bonds is 8. The molecule has 28 heavy (non-hydrogen) atoms. The monoisotopic (exact) mass is 431 g/mol. The first-order chi connectivity index (χ1) is 13.5. The molecule has 0 aromatic heterocycles. The molecule has 1 aromatic rings. The van der Waals surface area contributed by atoms with Gasteiger partial charge in [0.2, 0.25) is 10.0 Å². The molecule has 2 fully saturated rings. The summed E-state index contributed by atoms with van der Waals surface area (Å²) in [5.41, 5.74) is 0. The van der Waals surface area contributed by atoms with Gasteiger partial charge in [-0.2, -0.15) is 4.31 Å². The standard InChI is InChI=1S/C18H26ClN3O5S/c19-16-13-15(28(24,25)22-6-1-2-7-22)3-4-17(16)27-14-18(23)20-5-8-21-9-11-26-12-10-21/h3-4,13H,1-2,5-12,14H2,(H,20,23). The van der Waals surface area contributed by atoms with Crippen LogP contribution >= 0.6 is 11.6 Å². The van der Waals surface area contributed by atoms with Crippen LogP contribution in [0.5, 0.6) is 5.75 Å². The number of nitrogens with zero attached hydrogens (tertiary/aromatic N) is 2. The van der Waals surface area contributed by atoms with Crippen molar-refractivity contribution in [1.29, 1.82) is 0 Å². The highest BCUT2D eigenvalue weighted by Gasteiger charge is 2.27. The number of carbonyl (C=O) groups excluding carboxylic acids is 1. The summed E-state index contributed by atoms with van der Waals surface area (Å²) >= 11 is 6.17. The van der Waals surface area contributed by atoms with Crippen LogP contribution in [0.3, 0.4) is 0 Å². The van der Waals surface area contributed by atoms with E-state index in [9.17, 15) is 13.2 Å². The first-order valence-corrected chi connectivity index (χ1v) is 11.3. The lowest BCUT2D eigenvalue weighted by atomic mass is 10.3. The number of sulfonamides is 1. The largest absolute Gasteiger partial charge is 0.482 e. The second-order valence-electron chi connectivity index (χ2n) is 6.80. The number of nitrogens with one attached hydrogen (secondary N) is 1. The minimum atomic E-state index is -3.53. The highest BCUT2D eigenvalue weighted by atomic mass is 35.5. The fourth-order valence-corrected chi connectivity index (χ4v) is 5.05. The van der Waals surface area contributed by atoms with E-state index >= 15 is 0 Å². The molecule has 8 nitrogen and oxygen atoms in total. The average molecular weight is 432 g/mol. The normalized spacial score (nSPS) is 18.9. The van der Waals surface area contributed by atoms with Gasteiger partial charge in [-0.3, -0.25) is 9.69 Å². The van der Waals surface area contributed by atoms with E-state index in [1.807, 2.05) is 0 Å². The van der Waals surface area contributed by atoms with Crippen LogP contribution in [0.2, 0.25) is 5.02 Å². The molecule has 2 aliphatic heterocycles. The highest BCUT2D eigenvalue weighted by Crippen LogP contribution is 2.29. The number of carbonyl (C=O) groups is 1. The maximum Gasteiger partial charge on any atom is 0.257 e. The van der Waals surface area contributed by atoms with Gasteiger partial charge in [0.05, 0.1) is 23.1 Å². The van der Waals surface area contributed by atoms with Crippen molar-refractivity contribution in [2.75, 3.05) is 59.1 Å². The minimum Gasteiger partial charge on any atom is -0.482 e. The van der Waals surface area contributed by atoms with Gasteiger partial charge in [-0.25, -0.2) is 8.42 Å². The van der Waals surface area contributed by atoms with Crippen molar-refractivity contribution in [1.82, 2.24) is 14.5 Å². The van der Waals surface area contributed by atoms with E-state index in [1.54, 1.807) is 0 Å². The van der Waals surface area contributed by atoms with Crippen molar-refractivity contribution in [3.8, 4) is 5.75 Å². The molecular weight excluding hydrogens is 406 g/mol. The third-order valence-electron chi connectivity index (χ3n) is 4.82. The Morgan fingerprint density at radius 3 is 2.57 bits per heavy atom. The van der Waals surface area contributed by atoms with Gasteiger partial charge in [-0.05, 0) is 31.0 Å². The average Bonchev–Trinajstić information content (AvgIpc) is 3.23. The Bertz CT molecular complexity index is 777. The molecule has 1 N–H and O–H groups in total. The van der Waals surface area contributed by atoms with E-state index in [0.717, 1.165) is 45.7 Å². The number of amides is 1. The molecule has 2 aliphatic rings. The number of halogens is 1. The summed E-state index contributed by atoms with van der Waals surface area (Å²) in [6.45, 7) is 5.36. The third-order valence-corrected chi connectivity index (χ3v) is 7.01. The molecule has 0 bridgehead atoms. The molecule has 10 heteroatoms. The van der Waals surface area contributed by atoms with Gasteiger partial charge in [0.1, 0.15) is 5.75 Å². The van der Waals surface area contributed by atoms with Crippen LogP contribution in [0, 0.1) is 0 Å². The van der Waals surface area contributed by atoms with E-state index in [-0.39, 0.29) is 28.2 Å². The van der Waals surface area contributed by atoms with E-state index in [4.69, 9.17) is 21.1 Å². The van der Waals surface area contributed by atoms with E-state index < -0.39 is 10.0 Å². The summed E-state index contributed by atoms with van der Waals surface area (Å²) in [7, 11) is -3.53. The molecule has 0 radical (unpaired) electrons. The summed E-state index contributed by atoms with van der Waals surface area (Å²) in [5, 5.41) is 2.97. The number of benzene rings is 1. The Morgan fingerprint density at radius 1 is 1.18 bits per heavy atom. The molecule has 2 heterocycles. The predicted molar refractivity (Wildman–Crippen MR) is 105 cm³/mol. The van der Waals surface area contributed by atoms with Crippen molar-refractivity contribution in [3.63, 3.8) is 0 Å². The van der Waals surface area contributed by atoms with Crippen LogP contribution in [0.15, 0.2) is 23.1 Å². The number of hydrogen-bond acceptors (Lipinski definition) is 6. The molecule has 0 aliphatic carbocycles. The smallest absolute Gasteiger partial charge is 0.257 e. The first kappa shape index (κ1) is 21.3. The third kappa shape index (κ3) is 5.57. The van der Waals surface area contributed by atoms with E-state index in [0.29, 0.717) is 19.6 Å². The van der Waals surface area contributed by atoms with Gasteiger partial charge >= 0.3 is 0 Å². The molecule has 0 unspecified atom stereocenters. The Morgan fingerprint density at radius 2 is 1.89 bits per heavy atom. The molecule has 0 atom stereocenters. The molecule has 2 saturated heterocycles. The Labute approximate surface area is 170 Å². The highest BCUT2D eigenvalue weighted by molar-refractivity contribution is 7.89. The maximum absolute atomic E-state index is 12.6. The summed E-state index contributed by atoms with van der Waals surface area (Å²) in [6, 6.07) is 4.33. The van der Waals surface area contributed by atoms with Gasteiger partial charge < -0.3 is 14.8 Å². The molecular formula is C18H26ClN3O5S. The van der Waals surface area contributed by atoms with Crippen molar-refractivity contribution in [2.24, 2.45) is 0 Å². The van der Waals surface area contributed by atoms with Crippen molar-refractivity contribution in [3.05, 3.63) is 23.2 Å². The Balaban J connectivity index is 1.47. The van der Waals surface area contributed by atoms with Gasteiger partial charge in [-0.15, -0.1) is 0 Å². The van der Waals surface area contributed by atoms with Crippen LogP contribution in [0.1, 0.15) is 12.8 Å². The lowest BCUT2D eigenvalue weighted by molar-refractivity contribution is -0.123. The maximum atomic E-state index is 12.6. The van der Waals surface area contributed by atoms with Crippen molar-refractivity contribution < 1.29 is 22.7 Å². The summed E-state index contributed by atoms with van der Waals surface area (Å²) in [4.78, 5) is 14.3. The lowest BCUT2D eigenvalue weighted by Gasteiger charge is -2.26. The molecule has 0 spiro atoms. The van der Waals surface area contributed by atoms with Crippen molar-refractivity contribution >= 4 is 27.5 Å². The number of hydrogen-bond donors (Lipinski definition) is 1.